The fourth-order valence-electron chi connectivity index (χ4n) is 2.25. The molecule has 3 rings (SSSR count). The summed E-state index contributed by atoms with van der Waals surface area (Å²) in [4.78, 5) is 17.0. The van der Waals surface area contributed by atoms with Gasteiger partial charge < -0.3 is 19.0 Å². The summed E-state index contributed by atoms with van der Waals surface area (Å²) in [6.07, 6.45) is 1.18. The van der Waals surface area contributed by atoms with Crippen molar-refractivity contribution < 1.29 is 13.9 Å². The summed E-state index contributed by atoms with van der Waals surface area (Å²) in [6, 6.07) is 1.61. The lowest BCUT2D eigenvalue weighted by atomic mass is 10.2. The monoisotopic (exact) mass is 324 g/mol. The molecule has 1 aliphatic heterocycles. The summed E-state index contributed by atoms with van der Waals surface area (Å²) >= 11 is 5.84. The molecule has 0 unspecified atom stereocenters. The maximum Gasteiger partial charge on any atom is 0.270 e. The first-order valence-corrected chi connectivity index (χ1v) is 7.50. The van der Waals surface area contributed by atoms with E-state index < -0.39 is 6.10 Å². The molecule has 1 N–H and O–H groups in total. The highest BCUT2D eigenvalue weighted by Crippen LogP contribution is 2.24. The van der Waals surface area contributed by atoms with Crippen molar-refractivity contribution in [1.82, 2.24) is 20.1 Å². The molecular weight excluding hydrogens is 308 g/mol. The van der Waals surface area contributed by atoms with E-state index in [-0.39, 0.29) is 11.8 Å². The average Bonchev–Trinajstić information content (AvgIpc) is 3.15. The minimum atomic E-state index is -0.400. The standard InChI is InChI=1S/C14H17ClN4O3/c1-8(2)12-17-18-13(22-12)11-7-19(3-4-21-11)14(20)10-5-9(15)6-16-10/h5-6,8,11,16H,3-4,7H2,1-2H3/t11-/m1/s1. The van der Waals surface area contributed by atoms with Crippen molar-refractivity contribution in [2.75, 3.05) is 19.7 Å². The number of hydrogen-bond acceptors (Lipinski definition) is 5. The fraction of sp³-hybridized carbons (Fsp3) is 0.500. The minimum absolute atomic E-state index is 0.121. The van der Waals surface area contributed by atoms with Gasteiger partial charge in [0.25, 0.3) is 5.91 Å². The molecular formula is C14H17ClN4O3. The number of carbonyl (C=O) groups is 1. The van der Waals surface area contributed by atoms with Crippen LogP contribution in [0.1, 0.15) is 48.1 Å². The highest BCUT2D eigenvalue weighted by Gasteiger charge is 2.30. The van der Waals surface area contributed by atoms with Gasteiger partial charge in [0.1, 0.15) is 5.69 Å². The number of hydrogen-bond donors (Lipinski definition) is 1. The van der Waals surface area contributed by atoms with Gasteiger partial charge in [0.05, 0.1) is 18.2 Å². The molecule has 2 aromatic rings. The van der Waals surface area contributed by atoms with E-state index in [1.807, 2.05) is 13.8 Å². The van der Waals surface area contributed by atoms with Gasteiger partial charge in [0.2, 0.25) is 11.8 Å². The number of nitrogens with one attached hydrogen (secondary N) is 1. The van der Waals surface area contributed by atoms with E-state index >= 15 is 0 Å². The molecule has 0 aliphatic carbocycles. The molecule has 118 valence electrons. The van der Waals surface area contributed by atoms with Gasteiger partial charge in [0, 0.05) is 18.7 Å². The first-order chi connectivity index (χ1) is 10.5. The number of rotatable bonds is 3. The van der Waals surface area contributed by atoms with Crippen molar-refractivity contribution in [3.8, 4) is 0 Å². The largest absolute Gasteiger partial charge is 0.422 e. The van der Waals surface area contributed by atoms with Gasteiger partial charge in [-0.1, -0.05) is 25.4 Å². The van der Waals surface area contributed by atoms with Crippen LogP contribution < -0.4 is 0 Å². The predicted octanol–water partition coefficient (Wildman–Crippen LogP) is 2.39. The second-order valence-corrected chi connectivity index (χ2v) is 5.91. The molecule has 1 fully saturated rings. The van der Waals surface area contributed by atoms with E-state index in [0.29, 0.717) is 42.2 Å². The normalized spacial score (nSPS) is 18.9. The first kappa shape index (κ1) is 15.1. The molecule has 1 amide bonds. The zero-order valence-electron chi connectivity index (χ0n) is 12.4. The Labute approximate surface area is 132 Å². The number of aromatic nitrogens is 3. The van der Waals surface area contributed by atoms with Crippen LogP contribution in [0.2, 0.25) is 5.02 Å². The molecule has 0 bridgehead atoms. The summed E-state index contributed by atoms with van der Waals surface area (Å²) in [5.74, 6) is 1.01. The van der Waals surface area contributed by atoms with E-state index in [1.54, 1.807) is 17.2 Å². The highest BCUT2D eigenvalue weighted by molar-refractivity contribution is 6.30. The van der Waals surface area contributed by atoms with Gasteiger partial charge in [-0.3, -0.25) is 4.79 Å². The quantitative estimate of drug-likeness (QED) is 0.937. The molecule has 1 aliphatic rings. The van der Waals surface area contributed by atoms with Crippen LogP contribution in [0.4, 0.5) is 0 Å². The molecule has 0 spiro atoms. The SMILES string of the molecule is CC(C)c1nnc([C@H]2CN(C(=O)c3cc(Cl)c[nH]3)CCO2)o1. The van der Waals surface area contributed by atoms with Gasteiger partial charge >= 0.3 is 0 Å². The maximum absolute atomic E-state index is 12.4. The van der Waals surface area contributed by atoms with E-state index in [4.69, 9.17) is 20.8 Å². The molecule has 0 radical (unpaired) electrons. The van der Waals surface area contributed by atoms with E-state index in [1.165, 1.54) is 0 Å². The lowest BCUT2D eigenvalue weighted by molar-refractivity contribution is -0.0352. The van der Waals surface area contributed by atoms with E-state index in [2.05, 4.69) is 15.2 Å². The number of aromatic amines is 1. The van der Waals surface area contributed by atoms with Gasteiger partial charge in [-0.15, -0.1) is 10.2 Å². The van der Waals surface area contributed by atoms with Crippen LogP contribution >= 0.6 is 11.6 Å². The van der Waals surface area contributed by atoms with Gasteiger partial charge in [-0.2, -0.15) is 0 Å². The summed E-state index contributed by atoms with van der Waals surface area (Å²) in [6.45, 7) is 5.25. The summed E-state index contributed by atoms with van der Waals surface area (Å²) < 4.78 is 11.3. The predicted molar refractivity (Wildman–Crippen MR) is 78.8 cm³/mol. The van der Waals surface area contributed by atoms with Gasteiger partial charge in [-0.05, 0) is 6.07 Å². The number of ether oxygens (including phenoxy) is 1. The summed E-state index contributed by atoms with van der Waals surface area (Å²) in [7, 11) is 0. The molecule has 22 heavy (non-hydrogen) atoms. The molecule has 7 nitrogen and oxygen atoms in total. The minimum Gasteiger partial charge on any atom is -0.422 e. The van der Waals surface area contributed by atoms with Crippen LogP contribution in [0, 0.1) is 0 Å². The lowest BCUT2D eigenvalue weighted by Crippen LogP contribution is -2.42. The van der Waals surface area contributed by atoms with Crippen LogP contribution in [-0.4, -0.2) is 45.7 Å². The molecule has 8 heteroatoms. The van der Waals surface area contributed by atoms with Crippen LogP contribution in [-0.2, 0) is 4.74 Å². The third-order valence-electron chi connectivity index (χ3n) is 3.46. The van der Waals surface area contributed by atoms with Crippen LogP contribution in [0.5, 0.6) is 0 Å². The van der Waals surface area contributed by atoms with Crippen LogP contribution in [0.3, 0.4) is 0 Å². The second kappa shape index (κ2) is 6.10. The highest BCUT2D eigenvalue weighted by atomic mass is 35.5. The second-order valence-electron chi connectivity index (χ2n) is 5.48. The van der Waals surface area contributed by atoms with Crippen molar-refractivity contribution >= 4 is 17.5 Å². The number of H-pyrrole nitrogens is 1. The molecule has 2 aromatic heterocycles. The van der Waals surface area contributed by atoms with Crippen molar-refractivity contribution in [2.24, 2.45) is 0 Å². The number of amides is 1. The molecule has 3 heterocycles. The van der Waals surface area contributed by atoms with Crippen molar-refractivity contribution in [2.45, 2.75) is 25.9 Å². The van der Waals surface area contributed by atoms with Crippen LogP contribution in [0.25, 0.3) is 0 Å². The Morgan fingerprint density at radius 3 is 2.95 bits per heavy atom. The Bertz CT molecular complexity index is 667. The zero-order valence-corrected chi connectivity index (χ0v) is 13.1. The van der Waals surface area contributed by atoms with E-state index in [0.717, 1.165) is 0 Å². The Morgan fingerprint density at radius 1 is 1.50 bits per heavy atom. The van der Waals surface area contributed by atoms with Crippen LogP contribution in [0.15, 0.2) is 16.7 Å². The fourth-order valence-corrected chi connectivity index (χ4v) is 2.42. The molecule has 0 aromatic carbocycles. The van der Waals surface area contributed by atoms with Crippen molar-refractivity contribution in [3.05, 3.63) is 34.8 Å². The third-order valence-corrected chi connectivity index (χ3v) is 3.68. The average molecular weight is 325 g/mol. The van der Waals surface area contributed by atoms with Crippen molar-refractivity contribution in [3.63, 3.8) is 0 Å². The number of halogens is 1. The third kappa shape index (κ3) is 3.00. The molecule has 1 saturated heterocycles. The smallest absolute Gasteiger partial charge is 0.270 e. The van der Waals surface area contributed by atoms with Crippen molar-refractivity contribution in [1.29, 1.82) is 0 Å². The Kier molecular flexibility index (Phi) is 4.17. The number of morpholine rings is 1. The van der Waals surface area contributed by atoms with E-state index in [9.17, 15) is 4.79 Å². The Hall–Kier alpha value is -1.86. The summed E-state index contributed by atoms with van der Waals surface area (Å²) in [5, 5.41) is 8.53. The molecule has 1 atom stereocenters. The maximum atomic E-state index is 12.4. The molecule has 0 saturated carbocycles. The van der Waals surface area contributed by atoms with Gasteiger partial charge in [-0.25, -0.2) is 0 Å². The Balaban J connectivity index is 1.72. The first-order valence-electron chi connectivity index (χ1n) is 7.12. The zero-order chi connectivity index (χ0) is 15.7. The lowest BCUT2D eigenvalue weighted by Gasteiger charge is -2.30. The topological polar surface area (TPSA) is 84.2 Å². The Morgan fingerprint density at radius 2 is 2.32 bits per heavy atom. The summed E-state index contributed by atoms with van der Waals surface area (Å²) in [5.41, 5.74) is 0.457. The number of nitrogens with zero attached hydrogens (tertiary/aromatic N) is 3. The van der Waals surface area contributed by atoms with Gasteiger partial charge in [0.15, 0.2) is 6.10 Å². The number of carbonyl (C=O) groups excluding carboxylic acids is 1.